The number of aromatic carboxylic acids is 2. The molecule has 144 valence electrons. The topological polar surface area (TPSA) is 74.6 Å². The van der Waals surface area contributed by atoms with Crippen molar-refractivity contribution in [2.75, 3.05) is 0 Å². The molecule has 0 saturated carbocycles. The summed E-state index contributed by atoms with van der Waals surface area (Å²) in [5.74, 6) is 3.93. The first kappa shape index (κ1) is 19.9. The van der Waals surface area contributed by atoms with Crippen molar-refractivity contribution >= 4 is 11.9 Å². The predicted molar refractivity (Wildman–Crippen MR) is 111 cm³/mol. The molecule has 0 aliphatic carbocycles. The first-order valence-electron chi connectivity index (χ1n) is 9.20. The Kier molecular flexibility index (Phi) is 6.11. The van der Waals surface area contributed by atoms with Gasteiger partial charge in [-0.05, 0) is 59.9 Å². The van der Waals surface area contributed by atoms with Gasteiger partial charge in [0.15, 0.2) is 0 Å². The van der Waals surface area contributed by atoms with Gasteiger partial charge in [0.25, 0.3) is 0 Å². The number of carboxylic acids is 2. The Morgan fingerprint density at radius 1 is 0.793 bits per heavy atom. The van der Waals surface area contributed by atoms with Crippen LogP contribution in [-0.4, -0.2) is 22.2 Å². The van der Waals surface area contributed by atoms with Crippen LogP contribution in [0.2, 0.25) is 0 Å². The Morgan fingerprint density at radius 2 is 1.38 bits per heavy atom. The number of hydrogen-bond donors (Lipinski definition) is 2. The van der Waals surface area contributed by atoms with Gasteiger partial charge in [-0.15, -0.1) is 0 Å². The summed E-state index contributed by atoms with van der Waals surface area (Å²) in [6.07, 6.45) is 0.606. The fourth-order valence-corrected chi connectivity index (χ4v) is 3.11. The van der Waals surface area contributed by atoms with Crippen molar-refractivity contribution in [3.63, 3.8) is 0 Å². The van der Waals surface area contributed by atoms with Crippen LogP contribution < -0.4 is 0 Å². The maximum atomic E-state index is 11.4. The molecule has 0 aliphatic rings. The van der Waals surface area contributed by atoms with Crippen molar-refractivity contribution < 1.29 is 19.8 Å². The molecular weight excluding hydrogens is 364 g/mol. The zero-order valence-corrected chi connectivity index (χ0v) is 15.9. The lowest BCUT2D eigenvalue weighted by Gasteiger charge is -2.13. The van der Waals surface area contributed by atoms with Gasteiger partial charge in [-0.1, -0.05) is 55.2 Å². The number of hydrogen-bond acceptors (Lipinski definition) is 2. The summed E-state index contributed by atoms with van der Waals surface area (Å²) < 4.78 is 0. The molecule has 0 saturated heterocycles. The van der Waals surface area contributed by atoms with E-state index in [9.17, 15) is 14.7 Å². The van der Waals surface area contributed by atoms with Crippen molar-refractivity contribution in [3.8, 4) is 11.8 Å². The lowest BCUT2D eigenvalue weighted by Crippen LogP contribution is -2.09. The van der Waals surface area contributed by atoms with E-state index in [2.05, 4.69) is 18.8 Å². The standard InChI is InChI=1S/C25H20O4/c1-17(15-20-11-14-22(24(26)27)23(16-20)25(28)29)21-12-9-19(10-13-21)8-7-18-5-3-2-4-6-18/h2-6,9-14,16-17H,15H2,1H3,(H,26,27)(H,28,29). The molecule has 0 heterocycles. The van der Waals surface area contributed by atoms with Gasteiger partial charge < -0.3 is 10.2 Å². The van der Waals surface area contributed by atoms with E-state index in [0.29, 0.717) is 6.42 Å². The van der Waals surface area contributed by atoms with Crippen molar-refractivity contribution in [2.24, 2.45) is 0 Å². The van der Waals surface area contributed by atoms with Crippen LogP contribution in [-0.2, 0) is 6.42 Å². The number of benzene rings is 3. The highest BCUT2D eigenvalue weighted by Crippen LogP contribution is 2.23. The molecule has 2 N–H and O–H groups in total. The Balaban J connectivity index is 1.74. The van der Waals surface area contributed by atoms with E-state index in [0.717, 1.165) is 22.3 Å². The third-order valence-electron chi connectivity index (χ3n) is 4.69. The molecule has 0 radical (unpaired) electrons. The van der Waals surface area contributed by atoms with E-state index in [1.165, 1.54) is 12.1 Å². The zero-order chi connectivity index (χ0) is 20.8. The predicted octanol–water partition coefficient (Wildman–Crippen LogP) is 4.83. The van der Waals surface area contributed by atoms with Crippen LogP contribution in [0.4, 0.5) is 0 Å². The molecule has 3 aromatic carbocycles. The van der Waals surface area contributed by atoms with Crippen LogP contribution in [0, 0.1) is 11.8 Å². The Bertz CT molecular complexity index is 1090. The highest BCUT2D eigenvalue weighted by atomic mass is 16.4. The number of carbonyl (C=O) groups is 2. The quantitative estimate of drug-likeness (QED) is 0.618. The molecule has 3 aromatic rings. The maximum Gasteiger partial charge on any atom is 0.336 e. The molecule has 29 heavy (non-hydrogen) atoms. The molecular formula is C25H20O4. The minimum atomic E-state index is -1.24. The van der Waals surface area contributed by atoms with Crippen LogP contribution in [0.15, 0.2) is 72.8 Å². The summed E-state index contributed by atoms with van der Waals surface area (Å²) in [6, 6.07) is 22.2. The summed E-state index contributed by atoms with van der Waals surface area (Å²) in [7, 11) is 0. The molecule has 0 aromatic heterocycles. The summed E-state index contributed by atoms with van der Waals surface area (Å²) in [5, 5.41) is 18.4. The lowest BCUT2D eigenvalue weighted by molar-refractivity contribution is 0.0651. The van der Waals surface area contributed by atoms with E-state index in [4.69, 9.17) is 5.11 Å². The Morgan fingerprint density at radius 3 is 1.97 bits per heavy atom. The molecule has 3 rings (SSSR count). The van der Waals surface area contributed by atoms with E-state index in [-0.39, 0.29) is 17.0 Å². The van der Waals surface area contributed by atoms with Crippen molar-refractivity contribution in [2.45, 2.75) is 19.3 Å². The lowest BCUT2D eigenvalue weighted by atomic mass is 9.91. The first-order chi connectivity index (χ1) is 13.9. The Hall–Kier alpha value is -3.84. The van der Waals surface area contributed by atoms with Gasteiger partial charge in [-0.3, -0.25) is 0 Å². The van der Waals surface area contributed by atoms with E-state index in [1.54, 1.807) is 6.07 Å². The van der Waals surface area contributed by atoms with Gasteiger partial charge in [-0.25, -0.2) is 9.59 Å². The first-order valence-corrected chi connectivity index (χ1v) is 9.20. The van der Waals surface area contributed by atoms with Gasteiger partial charge in [0.05, 0.1) is 11.1 Å². The third-order valence-corrected chi connectivity index (χ3v) is 4.69. The SMILES string of the molecule is CC(Cc1ccc(C(=O)O)c(C(=O)O)c1)c1ccc(C#Cc2ccccc2)cc1. The third kappa shape index (κ3) is 5.12. The zero-order valence-electron chi connectivity index (χ0n) is 15.9. The molecule has 4 nitrogen and oxygen atoms in total. The number of rotatable bonds is 5. The second kappa shape index (κ2) is 8.90. The van der Waals surface area contributed by atoms with Gasteiger partial charge >= 0.3 is 11.9 Å². The largest absolute Gasteiger partial charge is 0.478 e. The van der Waals surface area contributed by atoms with Gasteiger partial charge in [0.1, 0.15) is 0 Å². The second-order valence-corrected chi connectivity index (χ2v) is 6.83. The molecule has 0 spiro atoms. The molecule has 0 aliphatic heterocycles. The van der Waals surface area contributed by atoms with Crippen LogP contribution in [0.25, 0.3) is 0 Å². The number of carboxylic acid groups (broad SMARTS) is 2. The normalized spacial score (nSPS) is 11.2. The van der Waals surface area contributed by atoms with E-state index < -0.39 is 11.9 Å². The molecule has 1 unspecified atom stereocenters. The molecule has 4 heteroatoms. The average molecular weight is 384 g/mol. The minimum absolute atomic E-state index is 0.142. The smallest absolute Gasteiger partial charge is 0.336 e. The van der Waals surface area contributed by atoms with Gasteiger partial charge in [0.2, 0.25) is 0 Å². The summed E-state index contributed by atoms with van der Waals surface area (Å²) in [5.41, 5.74) is 3.39. The van der Waals surface area contributed by atoms with Crippen LogP contribution in [0.3, 0.4) is 0 Å². The summed E-state index contributed by atoms with van der Waals surface area (Å²) in [6.45, 7) is 2.05. The Labute approximate surface area is 169 Å². The molecule has 0 bridgehead atoms. The molecule has 0 amide bonds. The second-order valence-electron chi connectivity index (χ2n) is 6.83. The van der Waals surface area contributed by atoms with Crippen molar-refractivity contribution in [3.05, 3.63) is 106 Å². The van der Waals surface area contributed by atoms with E-state index in [1.807, 2.05) is 54.6 Å². The van der Waals surface area contributed by atoms with E-state index >= 15 is 0 Å². The van der Waals surface area contributed by atoms with Crippen LogP contribution in [0.5, 0.6) is 0 Å². The van der Waals surface area contributed by atoms with Crippen molar-refractivity contribution in [1.82, 2.24) is 0 Å². The monoisotopic (exact) mass is 384 g/mol. The summed E-state index contributed by atoms with van der Waals surface area (Å²) >= 11 is 0. The van der Waals surface area contributed by atoms with Crippen molar-refractivity contribution in [1.29, 1.82) is 0 Å². The maximum absolute atomic E-state index is 11.4. The highest BCUT2D eigenvalue weighted by molar-refractivity contribution is 6.01. The van der Waals surface area contributed by atoms with Gasteiger partial charge in [0, 0.05) is 11.1 Å². The fraction of sp³-hybridized carbons (Fsp3) is 0.120. The fourth-order valence-electron chi connectivity index (χ4n) is 3.11. The van der Waals surface area contributed by atoms with Crippen LogP contribution in [0.1, 0.15) is 55.8 Å². The van der Waals surface area contributed by atoms with Crippen LogP contribution >= 0.6 is 0 Å². The highest BCUT2D eigenvalue weighted by Gasteiger charge is 2.17. The summed E-state index contributed by atoms with van der Waals surface area (Å²) in [4.78, 5) is 22.5. The van der Waals surface area contributed by atoms with Gasteiger partial charge in [-0.2, -0.15) is 0 Å². The average Bonchev–Trinajstić information content (AvgIpc) is 2.73. The minimum Gasteiger partial charge on any atom is -0.478 e. The molecule has 1 atom stereocenters. The molecule has 0 fully saturated rings.